The maximum absolute atomic E-state index is 14.6. The summed E-state index contributed by atoms with van der Waals surface area (Å²) in [7, 11) is 0. The summed E-state index contributed by atoms with van der Waals surface area (Å²) in [5.74, 6) is 1.02. The summed E-state index contributed by atoms with van der Waals surface area (Å²) in [6.45, 7) is 10.3. The summed E-state index contributed by atoms with van der Waals surface area (Å²) in [6.07, 6.45) is 3.93. The van der Waals surface area contributed by atoms with Gasteiger partial charge in [-0.15, -0.1) is 0 Å². The Balaban J connectivity index is -0.000000133. The van der Waals surface area contributed by atoms with E-state index in [1.165, 1.54) is 12.1 Å². The number of nitrogens with zero attached hydrogens (tertiary/aromatic N) is 5. The van der Waals surface area contributed by atoms with Crippen LogP contribution < -0.4 is 10.2 Å². The van der Waals surface area contributed by atoms with Crippen molar-refractivity contribution in [2.75, 3.05) is 37.7 Å². The van der Waals surface area contributed by atoms with E-state index in [-0.39, 0.29) is 11.9 Å². The van der Waals surface area contributed by atoms with E-state index in [2.05, 4.69) is 39.8 Å². The summed E-state index contributed by atoms with van der Waals surface area (Å²) < 4.78 is 162. The van der Waals surface area contributed by atoms with Crippen LogP contribution in [0.2, 0.25) is 0 Å². The van der Waals surface area contributed by atoms with E-state index < -0.39 is 0 Å². The fraction of sp³-hybridized carbons (Fsp3) is 0.444. The van der Waals surface area contributed by atoms with Crippen molar-refractivity contribution >= 4 is 16.7 Å². The third-order valence-corrected chi connectivity index (χ3v) is 7.48. The number of piperidine rings is 1. The van der Waals surface area contributed by atoms with Crippen LogP contribution in [0.4, 0.5) is 10.2 Å². The predicted molar refractivity (Wildman–Crippen MR) is 168 cm³/mol. The van der Waals surface area contributed by atoms with Crippen LogP contribution in [0.25, 0.3) is 33.5 Å². The molecule has 2 fully saturated rings. The SMILES string of the molecule is Cc1nn(C2CCNCC2)c(C)c1-c1cc(N2CCOC[C@H]2C)nc(-c2cc(F)cc3[nH]ccc23)n1.[2H][2H].[2H][2H].[2H][2H].[2H][2H].[2H][2H].[2H][2H].[2H][2H].[2H][2H].[2H][2H].[2H][2H].[2H][2H].[2H][2H].[2H][2H].[2H][2H]. The Hall–Kier alpha value is -3.30. The molecule has 2 N–H and O–H groups in total. The van der Waals surface area contributed by atoms with Crippen LogP contribution in [0.5, 0.6) is 0 Å². The quantitative estimate of drug-likeness (QED) is 0.272. The number of benzene rings is 1. The average molecular weight is 546 g/mol. The molecule has 0 bridgehead atoms. The molecule has 36 heavy (non-hydrogen) atoms. The van der Waals surface area contributed by atoms with Gasteiger partial charge in [-0.3, -0.25) is 4.68 Å². The maximum Gasteiger partial charge on any atom is 0.162 e. The fourth-order valence-electron chi connectivity index (χ4n) is 5.65. The number of rotatable bonds is 4. The van der Waals surface area contributed by atoms with E-state index in [4.69, 9.17) is 61.4 Å². The molecule has 5 heterocycles. The minimum atomic E-state index is -0.318. The first-order chi connectivity index (χ1) is 31.5. The summed E-state index contributed by atoms with van der Waals surface area (Å²) in [4.78, 5) is 15.4. The number of fused-ring (bicyclic) bond motifs is 1. The molecule has 1 aromatic carbocycles. The Morgan fingerprint density at radius 2 is 2.00 bits per heavy atom. The number of aromatic nitrogens is 5. The smallest absolute Gasteiger partial charge is 0.162 e. The van der Waals surface area contributed by atoms with E-state index in [1.807, 2.05) is 19.2 Å². The Labute approximate surface area is 253 Å². The molecular weight excluding hydrogens is 457 g/mol. The zero-order valence-corrected chi connectivity index (χ0v) is 21.0. The van der Waals surface area contributed by atoms with E-state index in [9.17, 15) is 4.39 Å². The number of morpholine rings is 1. The van der Waals surface area contributed by atoms with Gasteiger partial charge in [0, 0.05) is 88.1 Å². The first-order valence-corrected chi connectivity index (χ1v) is 12.8. The first kappa shape index (κ1) is 12.3. The van der Waals surface area contributed by atoms with Gasteiger partial charge in [-0.25, -0.2) is 14.4 Å². The number of ether oxygens (including phenoxy) is 1. The average Bonchev–Trinajstić information content (AvgIpc) is 4.02. The van der Waals surface area contributed by atoms with Crippen LogP contribution in [-0.4, -0.2) is 63.6 Å². The lowest BCUT2D eigenvalue weighted by atomic mass is 10.0. The van der Waals surface area contributed by atoms with Gasteiger partial charge >= 0.3 is 0 Å². The molecule has 0 spiro atoms. The van der Waals surface area contributed by atoms with Gasteiger partial charge in [-0.2, -0.15) is 5.10 Å². The van der Waals surface area contributed by atoms with Crippen molar-refractivity contribution in [3.8, 4) is 22.6 Å². The molecule has 2 saturated heterocycles. The molecule has 0 saturated carbocycles. The van der Waals surface area contributed by atoms with Crippen molar-refractivity contribution in [1.29, 1.82) is 0 Å². The monoisotopic (exact) mass is 546 g/mol. The van der Waals surface area contributed by atoms with Crippen LogP contribution in [0.15, 0.2) is 30.5 Å². The van der Waals surface area contributed by atoms with Crippen molar-refractivity contribution < 1.29 is 50.7 Å². The number of aromatic amines is 1. The predicted octanol–water partition coefficient (Wildman–Crippen LogP) is 7.84. The number of H-pyrrole nitrogens is 1. The molecule has 0 amide bonds. The zero-order chi connectivity index (χ0) is 52.8. The lowest BCUT2D eigenvalue weighted by Crippen LogP contribution is -2.44. The Morgan fingerprint density at radius 3 is 2.81 bits per heavy atom. The second-order valence-corrected chi connectivity index (χ2v) is 9.92. The first-order valence-electron chi connectivity index (χ1n) is 26.8. The second-order valence-electron chi connectivity index (χ2n) is 9.92. The lowest BCUT2D eigenvalue weighted by molar-refractivity contribution is 0.0985. The van der Waals surface area contributed by atoms with Gasteiger partial charge < -0.3 is 19.9 Å². The number of anilines is 1. The molecule has 9 heteroatoms. The number of hydrogen-bond acceptors (Lipinski definition) is 6. The van der Waals surface area contributed by atoms with Crippen molar-refractivity contribution in [1.82, 2.24) is 30.0 Å². The molecule has 0 unspecified atom stereocenters. The topological polar surface area (TPSA) is 83.9 Å². The fourth-order valence-corrected chi connectivity index (χ4v) is 5.65. The van der Waals surface area contributed by atoms with E-state index in [1.54, 1.807) is 0 Å². The number of aryl methyl sites for hydroxylation is 1. The van der Waals surface area contributed by atoms with Crippen LogP contribution in [0.3, 0.4) is 0 Å². The second kappa shape index (κ2) is 9.29. The maximum atomic E-state index is 14.6. The minimum absolute atomic E-state index is 0.175. The van der Waals surface area contributed by atoms with Gasteiger partial charge in [0.2, 0.25) is 0 Å². The van der Waals surface area contributed by atoms with Crippen LogP contribution in [0.1, 0.15) is 78.8 Å². The largest absolute Gasteiger partial charge is 0.377 e. The number of hydrogen-bond donors (Lipinski definition) is 2. The van der Waals surface area contributed by atoms with Crippen molar-refractivity contribution in [3.05, 3.63) is 47.7 Å². The van der Waals surface area contributed by atoms with Crippen LogP contribution in [0, 0.1) is 19.7 Å². The highest BCUT2D eigenvalue weighted by atomic mass is 19.1. The molecule has 0 aliphatic carbocycles. The van der Waals surface area contributed by atoms with Gasteiger partial charge in [-0.05, 0) is 64.9 Å². The van der Waals surface area contributed by atoms with E-state index in [0.29, 0.717) is 30.6 Å². The van der Waals surface area contributed by atoms with Crippen LogP contribution in [-0.2, 0) is 4.74 Å². The van der Waals surface area contributed by atoms with Gasteiger partial charge in [0.05, 0.1) is 36.7 Å². The molecule has 216 valence electrons. The van der Waals surface area contributed by atoms with E-state index in [0.717, 1.165) is 71.8 Å². The highest BCUT2D eigenvalue weighted by molar-refractivity contribution is 5.94. The number of nitrogens with one attached hydrogen (secondary N) is 2. The Bertz CT molecular complexity index is 1470. The van der Waals surface area contributed by atoms with Crippen molar-refractivity contribution in [3.63, 3.8) is 0 Å². The molecule has 4 aromatic rings. The highest BCUT2D eigenvalue weighted by Gasteiger charge is 2.26. The molecule has 2 aliphatic rings. The summed E-state index contributed by atoms with van der Waals surface area (Å²) in [5.41, 5.74) is 5.30. The zero-order valence-electron chi connectivity index (χ0n) is 49.0. The third-order valence-electron chi connectivity index (χ3n) is 7.48. The van der Waals surface area contributed by atoms with Gasteiger partial charge in [-0.1, -0.05) is 0 Å². The van der Waals surface area contributed by atoms with Gasteiger partial charge in [0.15, 0.2) is 5.82 Å². The summed E-state index contributed by atoms with van der Waals surface area (Å²) in [5, 5.41) is 9.29. The molecule has 8 nitrogen and oxygen atoms in total. The van der Waals surface area contributed by atoms with Crippen molar-refractivity contribution in [2.45, 2.75) is 45.7 Å². The Morgan fingerprint density at radius 1 is 1.17 bits per heavy atom. The lowest BCUT2D eigenvalue weighted by Gasteiger charge is -2.34. The minimum Gasteiger partial charge on any atom is -0.377 e. The molecule has 2 aliphatic heterocycles. The molecular formula is C27H60FN7O. The van der Waals surface area contributed by atoms with Gasteiger partial charge in [0.1, 0.15) is 11.6 Å². The third kappa shape index (κ3) is 4.06. The molecule has 3 aromatic heterocycles. The van der Waals surface area contributed by atoms with Crippen LogP contribution >= 0.6 is 0 Å². The highest BCUT2D eigenvalue weighted by Crippen LogP contribution is 2.35. The molecule has 6 rings (SSSR count). The van der Waals surface area contributed by atoms with Gasteiger partial charge in [0.25, 0.3) is 0 Å². The molecule has 1 atom stereocenters. The Kier molecular flexibility index (Phi) is 3.17. The number of halogens is 1. The summed E-state index contributed by atoms with van der Waals surface area (Å²) in [6, 6.07) is 7.59. The van der Waals surface area contributed by atoms with E-state index >= 15 is 0 Å². The summed E-state index contributed by atoms with van der Waals surface area (Å²) >= 11 is 0. The van der Waals surface area contributed by atoms with Crippen molar-refractivity contribution in [2.24, 2.45) is 0 Å². The normalized spacial score (nSPS) is 22.4. The standard InChI is InChI=1S/C27H32FN7O.14H2/c1-16-15-36-11-10-34(16)25-14-24(26-17(2)33-35(18(26)3)20-4-7-29-8-5-20)31-27(32-25)22-12-19(28)13-23-21(22)6-9-30-23;;;;;;;;;;;;;;/h6,9,12-14,16,20,29-30H,4-5,7-8,10-11,15H2,1-3H3;14*1H/t16-;;;;;;;;;;;;;;/m1............../s1/i;14*1+1D. The molecule has 0 radical (unpaired) electrons.